The standard InChI is InChI=1S/C19H22N2O6S/c1-4-5-10-27-19-17(21(22)23)11-15(12-18(19)26-3)13-20-28(24,25)16-8-6-14(2)7-9-16/h6-9,11-13H,4-5,10H2,1-3H3/b20-13-. The second-order valence-corrected chi connectivity index (χ2v) is 7.69. The Bertz CT molecular complexity index is 969. The molecule has 0 N–H and O–H groups in total. The highest BCUT2D eigenvalue weighted by molar-refractivity contribution is 7.90. The van der Waals surface area contributed by atoms with Crippen LogP contribution in [0, 0.1) is 17.0 Å². The van der Waals surface area contributed by atoms with Crippen molar-refractivity contribution in [3.8, 4) is 11.5 Å². The van der Waals surface area contributed by atoms with E-state index >= 15 is 0 Å². The third-order valence-electron chi connectivity index (χ3n) is 3.88. The van der Waals surface area contributed by atoms with Crippen molar-refractivity contribution in [1.82, 2.24) is 0 Å². The predicted octanol–water partition coefficient (Wildman–Crippen LogP) is 3.90. The molecule has 0 aromatic heterocycles. The van der Waals surface area contributed by atoms with Gasteiger partial charge in [0.25, 0.3) is 10.0 Å². The van der Waals surface area contributed by atoms with Crippen molar-refractivity contribution in [2.24, 2.45) is 4.40 Å². The molecule has 0 atom stereocenters. The molecule has 8 nitrogen and oxygen atoms in total. The zero-order valence-electron chi connectivity index (χ0n) is 15.9. The molecule has 28 heavy (non-hydrogen) atoms. The number of unbranched alkanes of at least 4 members (excludes halogenated alkanes) is 1. The maximum atomic E-state index is 12.3. The fraction of sp³-hybridized carbons (Fsp3) is 0.316. The Labute approximate surface area is 164 Å². The summed E-state index contributed by atoms with van der Waals surface area (Å²) < 4.78 is 39.0. The fourth-order valence-electron chi connectivity index (χ4n) is 2.33. The number of ether oxygens (including phenoxy) is 2. The van der Waals surface area contributed by atoms with E-state index in [-0.39, 0.29) is 27.6 Å². The zero-order valence-corrected chi connectivity index (χ0v) is 16.7. The Hall–Kier alpha value is -2.94. The summed E-state index contributed by atoms with van der Waals surface area (Å²) in [5.74, 6) is 0.152. The Morgan fingerprint density at radius 2 is 1.89 bits per heavy atom. The summed E-state index contributed by atoms with van der Waals surface area (Å²) in [4.78, 5) is 10.9. The van der Waals surface area contributed by atoms with Crippen LogP contribution in [0.2, 0.25) is 0 Å². The molecule has 0 unspecified atom stereocenters. The SMILES string of the molecule is CCCCOc1c(OC)cc(/C=N\S(=O)(=O)c2ccc(C)cc2)cc1[N+](=O)[O-]. The summed E-state index contributed by atoms with van der Waals surface area (Å²) >= 11 is 0. The summed E-state index contributed by atoms with van der Waals surface area (Å²) in [6.07, 6.45) is 2.66. The van der Waals surface area contributed by atoms with E-state index in [1.165, 1.54) is 31.4 Å². The first-order valence-electron chi connectivity index (χ1n) is 8.64. The van der Waals surface area contributed by atoms with Crippen LogP contribution in [-0.4, -0.2) is 33.3 Å². The molecule has 2 rings (SSSR count). The van der Waals surface area contributed by atoms with Crippen LogP contribution in [0.25, 0.3) is 0 Å². The van der Waals surface area contributed by atoms with Gasteiger partial charge in [-0.25, -0.2) is 0 Å². The van der Waals surface area contributed by atoms with E-state index in [9.17, 15) is 18.5 Å². The molecule has 0 fully saturated rings. The molecule has 0 saturated heterocycles. The van der Waals surface area contributed by atoms with Gasteiger partial charge in [-0.05, 0) is 31.5 Å². The maximum absolute atomic E-state index is 12.3. The monoisotopic (exact) mass is 406 g/mol. The molecule has 0 aliphatic heterocycles. The van der Waals surface area contributed by atoms with E-state index in [0.717, 1.165) is 24.6 Å². The van der Waals surface area contributed by atoms with Crippen molar-refractivity contribution in [3.05, 3.63) is 57.6 Å². The van der Waals surface area contributed by atoms with Crippen molar-refractivity contribution < 1.29 is 22.8 Å². The highest BCUT2D eigenvalue weighted by atomic mass is 32.2. The summed E-state index contributed by atoms with van der Waals surface area (Å²) in [5, 5.41) is 11.4. The minimum Gasteiger partial charge on any atom is -0.493 e. The predicted molar refractivity (Wildman–Crippen MR) is 106 cm³/mol. The number of rotatable bonds is 9. The summed E-state index contributed by atoms with van der Waals surface area (Å²) in [6.45, 7) is 4.13. The molecule has 0 bridgehead atoms. The van der Waals surface area contributed by atoms with Crippen LogP contribution in [0.5, 0.6) is 11.5 Å². The van der Waals surface area contributed by atoms with Crippen LogP contribution in [0.3, 0.4) is 0 Å². The molecule has 9 heteroatoms. The second-order valence-electron chi connectivity index (χ2n) is 6.05. The largest absolute Gasteiger partial charge is 0.493 e. The minimum atomic E-state index is -3.93. The first-order chi connectivity index (χ1) is 13.3. The van der Waals surface area contributed by atoms with E-state index in [1.807, 2.05) is 13.8 Å². The van der Waals surface area contributed by atoms with Gasteiger partial charge in [0.2, 0.25) is 5.75 Å². The van der Waals surface area contributed by atoms with E-state index in [1.54, 1.807) is 12.1 Å². The van der Waals surface area contributed by atoms with Gasteiger partial charge >= 0.3 is 5.69 Å². The summed E-state index contributed by atoms with van der Waals surface area (Å²) in [6, 6.07) is 8.89. The molecule has 0 aliphatic rings. The van der Waals surface area contributed by atoms with E-state index in [4.69, 9.17) is 9.47 Å². The van der Waals surface area contributed by atoms with Gasteiger partial charge in [0.1, 0.15) is 0 Å². The molecule has 0 aliphatic carbocycles. The van der Waals surface area contributed by atoms with Crippen LogP contribution in [-0.2, 0) is 10.0 Å². The van der Waals surface area contributed by atoms with E-state index in [2.05, 4.69) is 4.40 Å². The van der Waals surface area contributed by atoms with Gasteiger partial charge in [0.05, 0.1) is 23.5 Å². The van der Waals surface area contributed by atoms with Gasteiger partial charge in [-0.3, -0.25) is 10.1 Å². The quantitative estimate of drug-likeness (QED) is 0.270. The van der Waals surface area contributed by atoms with E-state index in [0.29, 0.717) is 6.61 Å². The van der Waals surface area contributed by atoms with Crippen LogP contribution >= 0.6 is 0 Å². The van der Waals surface area contributed by atoms with Crippen molar-refractivity contribution in [3.63, 3.8) is 0 Å². The third-order valence-corrected chi connectivity index (χ3v) is 5.13. The Morgan fingerprint density at radius 3 is 2.46 bits per heavy atom. The van der Waals surface area contributed by atoms with Gasteiger partial charge in [-0.2, -0.15) is 12.8 Å². The molecule has 0 heterocycles. The molecule has 0 saturated carbocycles. The van der Waals surface area contributed by atoms with Gasteiger partial charge in [0.15, 0.2) is 5.75 Å². The summed E-state index contributed by atoms with van der Waals surface area (Å²) in [7, 11) is -2.57. The molecule has 2 aromatic carbocycles. The Kier molecular flexibility index (Phi) is 7.11. The topological polar surface area (TPSA) is 108 Å². The molecular formula is C19H22N2O6S. The van der Waals surface area contributed by atoms with Crippen molar-refractivity contribution in [2.45, 2.75) is 31.6 Å². The number of hydrogen-bond donors (Lipinski definition) is 0. The minimum absolute atomic E-state index is 0.0134. The van der Waals surface area contributed by atoms with Crippen molar-refractivity contribution in [1.29, 1.82) is 0 Å². The smallest absolute Gasteiger partial charge is 0.315 e. The average molecular weight is 406 g/mol. The number of sulfonamides is 1. The van der Waals surface area contributed by atoms with E-state index < -0.39 is 14.9 Å². The number of nitrogens with zero attached hydrogens (tertiary/aromatic N) is 2. The number of aryl methyl sites for hydroxylation is 1. The third kappa shape index (κ3) is 5.29. The number of hydrogen-bond acceptors (Lipinski definition) is 6. The highest BCUT2D eigenvalue weighted by Gasteiger charge is 2.22. The lowest BCUT2D eigenvalue weighted by atomic mass is 10.2. The molecule has 0 amide bonds. The Morgan fingerprint density at radius 1 is 1.21 bits per heavy atom. The molecule has 0 radical (unpaired) electrons. The van der Waals surface area contributed by atoms with Crippen molar-refractivity contribution in [2.75, 3.05) is 13.7 Å². The number of nitro groups is 1. The number of nitro benzene ring substituents is 1. The molecule has 0 spiro atoms. The van der Waals surface area contributed by atoms with Crippen LogP contribution in [0.4, 0.5) is 5.69 Å². The second kappa shape index (κ2) is 9.32. The molecular weight excluding hydrogens is 384 g/mol. The van der Waals surface area contributed by atoms with Gasteiger partial charge in [0, 0.05) is 17.8 Å². The first kappa shape index (κ1) is 21.4. The van der Waals surface area contributed by atoms with Crippen LogP contribution < -0.4 is 9.47 Å². The fourth-order valence-corrected chi connectivity index (χ4v) is 3.20. The molecule has 150 valence electrons. The lowest BCUT2D eigenvalue weighted by Crippen LogP contribution is -2.04. The average Bonchev–Trinajstić information content (AvgIpc) is 2.67. The number of benzene rings is 2. The molecule has 2 aromatic rings. The zero-order chi connectivity index (χ0) is 20.7. The van der Waals surface area contributed by atoms with Crippen LogP contribution in [0.1, 0.15) is 30.9 Å². The van der Waals surface area contributed by atoms with Crippen molar-refractivity contribution >= 4 is 21.9 Å². The maximum Gasteiger partial charge on any atom is 0.315 e. The van der Waals surface area contributed by atoms with Gasteiger partial charge < -0.3 is 9.47 Å². The lowest BCUT2D eigenvalue weighted by molar-refractivity contribution is -0.386. The summed E-state index contributed by atoms with van der Waals surface area (Å²) in [5.41, 5.74) is 0.814. The van der Waals surface area contributed by atoms with Crippen LogP contribution in [0.15, 0.2) is 45.7 Å². The Balaban J connectivity index is 2.39. The lowest BCUT2D eigenvalue weighted by Gasteiger charge is -2.11. The highest BCUT2D eigenvalue weighted by Crippen LogP contribution is 2.38. The first-order valence-corrected chi connectivity index (χ1v) is 10.1. The van der Waals surface area contributed by atoms with Gasteiger partial charge in [-0.1, -0.05) is 31.0 Å². The van der Waals surface area contributed by atoms with Gasteiger partial charge in [-0.15, -0.1) is 0 Å². The number of methoxy groups -OCH3 is 1. The normalized spacial score (nSPS) is 11.5.